The van der Waals surface area contributed by atoms with Crippen molar-refractivity contribution in [2.75, 3.05) is 0 Å². The van der Waals surface area contributed by atoms with Crippen LogP contribution in [0.3, 0.4) is 0 Å². The average Bonchev–Trinajstić information content (AvgIpc) is 1.86. The van der Waals surface area contributed by atoms with Gasteiger partial charge in [-0.3, -0.25) is 10.1 Å². The van der Waals surface area contributed by atoms with E-state index in [2.05, 4.69) is 0 Å². The predicted molar refractivity (Wildman–Crippen MR) is 41.4 cm³/mol. The highest BCUT2D eigenvalue weighted by Gasteiger charge is 2.35. The molecule has 1 unspecified atom stereocenters. The van der Waals surface area contributed by atoms with Gasteiger partial charge in [0.05, 0.1) is 6.42 Å². The van der Waals surface area contributed by atoms with Gasteiger partial charge in [-0.25, -0.2) is 0 Å². The second-order valence-corrected chi connectivity index (χ2v) is 2.89. The van der Waals surface area contributed by atoms with Crippen molar-refractivity contribution in [2.24, 2.45) is 5.73 Å². The summed E-state index contributed by atoms with van der Waals surface area (Å²) in [6, 6.07) is 0. The molecule has 4 heteroatoms. The first kappa shape index (κ1) is 7.78. The van der Waals surface area contributed by atoms with Crippen LogP contribution in [0.4, 0.5) is 0 Å². The van der Waals surface area contributed by atoms with Gasteiger partial charge in [0.1, 0.15) is 0 Å². The summed E-state index contributed by atoms with van der Waals surface area (Å²) < 4.78 is 0. The molecule has 0 saturated heterocycles. The summed E-state index contributed by atoms with van der Waals surface area (Å²) in [4.78, 5) is 10.2. The minimum atomic E-state index is -1.00. The molecule has 4 nitrogen and oxygen atoms in total. The van der Waals surface area contributed by atoms with Gasteiger partial charge in [0.2, 0.25) is 5.54 Å². The van der Waals surface area contributed by atoms with E-state index in [1.165, 1.54) is 0 Å². The molecule has 0 aromatic carbocycles. The molecule has 1 aliphatic carbocycles. The molecule has 1 atom stereocenters. The molecular weight excluding hydrogens is 144 g/mol. The lowest BCUT2D eigenvalue weighted by Gasteiger charge is -2.19. The minimum absolute atomic E-state index is 0.302. The minimum Gasteiger partial charge on any atom is -0.402 e. The lowest BCUT2D eigenvalue weighted by atomic mass is 9.93. The van der Waals surface area contributed by atoms with Gasteiger partial charge in [-0.05, 0) is 12.2 Å². The van der Waals surface area contributed by atoms with Gasteiger partial charge in [-0.15, -0.1) is 0 Å². The summed E-state index contributed by atoms with van der Waals surface area (Å²) in [5, 5.41) is 10.5. The van der Waals surface area contributed by atoms with E-state index in [-0.39, 0.29) is 4.92 Å². The number of hydrogen-bond acceptors (Lipinski definition) is 3. The van der Waals surface area contributed by atoms with E-state index in [1.807, 2.05) is 0 Å². The third-order valence-electron chi connectivity index (χ3n) is 1.74. The fourth-order valence-corrected chi connectivity index (χ4v) is 1.04. The molecule has 0 saturated carbocycles. The van der Waals surface area contributed by atoms with Crippen molar-refractivity contribution >= 4 is 0 Å². The molecule has 2 N–H and O–H groups in total. The van der Waals surface area contributed by atoms with Gasteiger partial charge in [-0.1, -0.05) is 6.08 Å². The maximum Gasteiger partial charge on any atom is 0.243 e. The van der Waals surface area contributed by atoms with Gasteiger partial charge in [0, 0.05) is 17.5 Å². The van der Waals surface area contributed by atoms with Crippen LogP contribution in [0.5, 0.6) is 0 Å². The number of allylic oxidation sites excluding steroid dienone is 2. The highest BCUT2D eigenvalue weighted by Crippen LogP contribution is 2.22. The van der Waals surface area contributed by atoms with E-state index in [4.69, 9.17) is 5.73 Å². The van der Waals surface area contributed by atoms with Crippen molar-refractivity contribution in [3.05, 3.63) is 34.0 Å². The Morgan fingerprint density at radius 3 is 2.82 bits per heavy atom. The first-order valence-corrected chi connectivity index (χ1v) is 3.33. The number of nitrogens with two attached hydrogens (primary N) is 1. The third kappa shape index (κ3) is 1.39. The number of rotatable bonds is 1. The third-order valence-corrected chi connectivity index (χ3v) is 1.74. The molecular formula is C7H10N2O2. The van der Waals surface area contributed by atoms with Crippen molar-refractivity contribution in [3.8, 4) is 0 Å². The first-order valence-electron chi connectivity index (χ1n) is 3.33. The van der Waals surface area contributed by atoms with Gasteiger partial charge in [-0.2, -0.15) is 0 Å². The molecule has 1 rings (SSSR count). The van der Waals surface area contributed by atoms with Crippen LogP contribution in [0.1, 0.15) is 13.3 Å². The standard InChI is InChI=1S/C7H10N2O2/c1-7(9(10)11)4-2-3-6(8)5-7/h2-4H,5,8H2,1H3. The zero-order valence-electron chi connectivity index (χ0n) is 6.28. The lowest BCUT2D eigenvalue weighted by molar-refractivity contribution is -0.550. The fourth-order valence-electron chi connectivity index (χ4n) is 1.04. The highest BCUT2D eigenvalue weighted by atomic mass is 16.6. The van der Waals surface area contributed by atoms with Gasteiger partial charge in [0.25, 0.3) is 0 Å². The predicted octanol–water partition coefficient (Wildman–Crippen LogP) is 0.824. The molecule has 0 aliphatic heterocycles. The van der Waals surface area contributed by atoms with Crippen molar-refractivity contribution in [2.45, 2.75) is 18.9 Å². The highest BCUT2D eigenvalue weighted by molar-refractivity contribution is 5.22. The summed E-state index contributed by atoms with van der Waals surface area (Å²) in [7, 11) is 0. The molecule has 0 spiro atoms. The Balaban J connectivity index is 2.86. The largest absolute Gasteiger partial charge is 0.402 e. The monoisotopic (exact) mass is 154 g/mol. The summed E-state index contributed by atoms with van der Waals surface area (Å²) >= 11 is 0. The number of hydrogen-bond donors (Lipinski definition) is 1. The van der Waals surface area contributed by atoms with E-state index >= 15 is 0 Å². The van der Waals surface area contributed by atoms with Crippen LogP contribution in [0.25, 0.3) is 0 Å². The van der Waals surface area contributed by atoms with Crippen molar-refractivity contribution in [3.63, 3.8) is 0 Å². The first-order chi connectivity index (χ1) is 5.04. The smallest absolute Gasteiger partial charge is 0.243 e. The van der Waals surface area contributed by atoms with Gasteiger partial charge < -0.3 is 5.73 Å². The van der Waals surface area contributed by atoms with Crippen LogP contribution in [0, 0.1) is 10.1 Å². The van der Waals surface area contributed by atoms with E-state index in [0.29, 0.717) is 12.1 Å². The molecule has 0 aromatic heterocycles. The Labute approximate surface area is 64.5 Å². The Hall–Kier alpha value is -1.32. The normalized spacial score (nSPS) is 29.7. The van der Waals surface area contributed by atoms with Crippen LogP contribution in [0.15, 0.2) is 23.9 Å². The molecule has 0 fully saturated rings. The number of nitro groups is 1. The molecule has 1 aliphatic rings. The molecule has 11 heavy (non-hydrogen) atoms. The van der Waals surface area contributed by atoms with E-state index < -0.39 is 5.54 Å². The second-order valence-electron chi connectivity index (χ2n) is 2.89. The molecule has 0 heterocycles. The molecule has 0 aromatic rings. The Morgan fingerprint density at radius 1 is 1.82 bits per heavy atom. The summed E-state index contributed by atoms with van der Waals surface area (Å²) in [5.41, 5.74) is 5.01. The molecule has 60 valence electrons. The van der Waals surface area contributed by atoms with E-state index in [9.17, 15) is 10.1 Å². The van der Waals surface area contributed by atoms with Crippen LogP contribution < -0.4 is 5.73 Å². The maximum atomic E-state index is 10.5. The molecule has 0 radical (unpaired) electrons. The zero-order chi connectivity index (χ0) is 8.48. The van der Waals surface area contributed by atoms with E-state index in [0.717, 1.165) is 0 Å². The number of nitrogens with zero attached hydrogens (tertiary/aromatic N) is 1. The fraction of sp³-hybridized carbons (Fsp3) is 0.429. The van der Waals surface area contributed by atoms with Crippen LogP contribution in [-0.4, -0.2) is 10.5 Å². The molecule has 0 amide bonds. The Kier molecular flexibility index (Phi) is 1.68. The lowest BCUT2D eigenvalue weighted by Crippen LogP contribution is -2.35. The summed E-state index contributed by atoms with van der Waals surface area (Å²) in [5.74, 6) is 0. The van der Waals surface area contributed by atoms with Crippen molar-refractivity contribution in [1.82, 2.24) is 0 Å². The maximum absolute atomic E-state index is 10.5. The Bertz CT molecular complexity index is 245. The SMILES string of the molecule is CC1([N+](=O)[O-])C=CC=C(N)C1. The zero-order valence-corrected chi connectivity index (χ0v) is 6.28. The summed E-state index contributed by atoms with van der Waals surface area (Å²) in [6.45, 7) is 1.56. The van der Waals surface area contributed by atoms with Crippen LogP contribution >= 0.6 is 0 Å². The van der Waals surface area contributed by atoms with Crippen LogP contribution in [0.2, 0.25) is 0 Å². The van der Waals surface area contributed by atoms with Gasteiger partial charge >= 0.3 is 0 Å². The van der Waals surface area contributed by atoms with E-state index in [1.54, 1.807) is 25.2 Å². The summed E-state index contributed by atoms with van der Waals surface area (Å²) in [6.07, 6.45) is 5.17. The van der Waals surface area contributed by atoms with Crippen LogP contribution in [-0.2, 0) is 0 Å². The molecule has 0 bridgehead atoms. The van der Waals surface area contributed by atoms with Crippen molar-refractivity contribution < 1.29 is 4.92 Å². The van der Waals surface area contributed by atoms with Gasteiger partial charge in [0.15, 0.2) is 0 Å². The Morgan fingerprint density at radius 2 is 2.45 bits per heavy atom. The van der Waals surface area contributed by atoms with Crippen molar-refractivity contribution in [1.29, 1.82) is 0 Å². The topological polar surface area (TPSA) is 69.2 Å². The quantitative estimate of drug-likeness (QED) is 0.449. The second kappa shape index (κ2) is 2.38. The average molecular weight is 154 g/mol.